The predicted molar refractivity (Wildman–Crippen MR) is 335 cm³/mol. The van der Waals surface area contributed by atoms with E-state index in [9.17, 15) is 15.0 Å². The predicted octanol–water partition coefficient (Wildman–Crippen LogP) is 11.8. The summed E-state index contributed by atoms with van der Waals surface area (Å²) in [5.74, 6) is -0.675. The molecule has 17 nitrogen and oxygen atoms in total. The molecular weight excluding hydrogens is 1090 g/mol. The van der Waals surface area contributed by atoms with Crippen LogP contribution in [0.1, 0.15) is 196 Å². The van der Waals surface area contributed by atoms with Gasteiger partial charge in [0.25, 0.3) is 11.5 Å². The van der Waals surface area contributed by atoms with Crippen LogP contribution in [0.15, 0.2) is 71.2 Å². The van der Waals surface area contributed by atoms with Crippen molar-refractivity contribution in [3.05, 3.63) is 88.2 Å². The Hall–Kier alpha value is -3.76. The van der Waals surface area contributed by atoms with Gasteiger partial charge in [0.15, 0.2) is 5.82 Å². The third-order valence-corrected chi connectivity index (χ3v) is 14.8. The molecule has 0 saturated heterocycles. The van der Waals surface area contributed by atoms with Crippen molar-refractivity contribution in [3.8, 4) is 0 Å². The molecule has 0 fully saturated rings. The van der Waals surface area contributed by atoms with Crippen molar-refractivity contribution in [1.82, 2.24) is 9.66 Å². The fourth-order valence-corrected chi connectivity index (χ4v) is 9.93. The van der Waals surface area contributed by atoms with Crippen LogP contribution in [0.4, 0.5) is 0 Å². The number of aliphatic hydroxyl groups excluding tert-OH is 2. The van der Waals surface area contributed by atoms with Crippen molar-refractivity contribution in [2.45, 2.75) is 246 Å². The van der Waals surface area contributed by atoms with Gasteiger partial charge in [0.05, 0.1) is 137 Å². The van der Waals surface area contributed by atoms with Gasteiger partial charge in [-0.1, -0.05) is 151 Å². The second-order valence-corrected chi connectivity index (χ2v) is 23.8. The first-order valence-corrected chi connectivity index (χ1v) is 32.0. The van der Waals surface area contributed by atoms with E-state index < -0.39 is 41.8 Å². The van der Waals surface area contributed by atoms with Crippen LogP contribution in [-0.4, -0.2) is 158 Å². The van der Waals surface area contributed by atoms with Crippen LogP contribution in [0, 0.1) is 0 Å². The lowest BCUT2D eigenvalue weighted by molar-refractivity contribution is -0.115. The van der Waals surface area contributed by atoms with Gasteiger partial charge in [0, 0.05) is 6.08 Å². The van der Waals surface area contributed by atoms with E-state index in [0.29, 0.717) is 62.7 Å². The average molecular weight is 1200 g/mol. The number of aliphatic hydroxyl groups is 2. The molecule has 476 valence electrons. The molecule has 1 amide bonds. The molecule has 18 heteroatoms. The minimum Gasteiger partial charge on any atom is -0.494 e. The van der Waals surface area contributed by atoms with Gasteiger partial charge in [-0.05, 0) is 93.4 Å². The smallest absolute Gasteiger partial charge is 0.280 e. The molecule has 1 aliphatic rings. The number of amides is 1. The van der Waals surface area contributed by atoms with Gasteiger partial charge in [0.2, 0.25) is 0 Å². The number of hydrogen-bond acceptors (Lipinski definition) is 16. The summed E-state index contributed by atoms with van der Waals surface area (Å²) in [4.78, 5) is 35.2. The Balaban J connectivity index is 1.51. The maximum Gasteiger partial charge on any atom is 0.280 e. The Bertz CT molecular complexity index is 2360. The van der Waals surface area contributed by atoms with Gasteiger partial charge in [-0.25, -0.2) is 9.99 Å². The lowest BCUT2D eigenvalue weighted by Crippen LogP contribution is -2.55. The number of benzene rings is 2. The highest BCUT2D eigenvalue weighted by Gasteiger charge is 2.39. The van der Waals surface area contributed by atoms with Crippen LogP contribution in [-0.2, 0) is 52.2 Å². The summed E-state index contributed by atoms with van der Waals surface area (Å²) < 4.78 is 62.3. The van der Waals surface area contributed by atoms with Gasteiger partial charge in [-0.2, -0.15) is 4.68 Å². The first kappa shape index (κ1) is 72.7. The topological polar surface area (TPSA) is 188 Å². The number of carbonyl (C=O) groups is 1. The standard InChI is InChI=1S/C66H107N3O14S/c1-12-13-14-15-16-17-18-19-20-21-22-23-24-28-35-60(82-45-55(10)80-43-53(8)78-41-51(6)76-39-49(4)74-37-47(2)70)64-67-59-34-30-29-33-58(59)65(73)69(64)68-62(72)36-61(63(66(68)84)57-31-26-25-27-32-57)83-46-56(11)81-44-54(9)79-42-52(7)77-40-50(5)75-38-48(3)71/h25-27,29-34,36,47-56,60,63,70-71H,12-24,28,35,37-46H2,1-11H3. The first-order chi connectivity index (χ1) is 40.4. The van der Waals surface area contributed by atoms with Gasteiger partial charge < -0.3 is 57.6 Å². The zero-order valence-electron chi connectivity index (χ0n) is 52.9. The van der Waals surface area contributed by atoms with E-state index in [1.54, 1.807) is 32.0 Å². The molecule has 0 aliphatic carbocycles. The Morgan fingerprint density at radius 1 is 0.488 bits per heavy atom. The maximum absolute atomic E-state index is 15.1. The molecule has 84 heavy (non-hydrogen) atoms. The summed E-state index contributed by atoms with van der Waals surface area (Å²) in [5, 5.41) is 20.7. The summed E-state index contributed by atoms with van der Waals surface area (Å²) in [6.45, 7) is 23.9. The van der Waals surface area contributed by atoms with E-state index in [0.717, 1.165) is 31.2 Å². The molecule has 2 heterocycles. The minimum atomic E-state index is -0.725. The lowest BCUT2D eigenvalue weighted by atomic mass is 9.93. The highest BCUT2D eigenvalue weighted by Crippen LogP contribution is 2.34. The molecule has 2 N–H and O–H groups in total. The summed E-state index contributed by atoms with van der Waals surface area (Å²) in [5.41, 5.74) is 0.811. The van der Waals surface area contributed by atoms with Gasteiger partial charge in [0.1, 0.15) is 23.5 Å². The molecule has 12 atom stereocenters. The zero-order chi connectivity index (χ0) is 61.2. The Morgan fingerprint density at radius 3 is 1.31 bits per heavy atom. The Kier molecular flexibility index (Phi) is 35.8. The number of rotatable bonds is 48. The lowest BCUT2D eigenvalue weighted by Gasteiger charge is -2.36. The molecule has 0 saturated carbocycles. The monoisotopic (exact) mass is 1200 g/mol. The molecule has 0 spiro atoms. The molecule has 0 radical (unpaired) electrons. The van der Waals surface area contributed by atoms with Crippen LogP contribution < -0.4 is 10.6 Å². The fourth-order valence-electron chi connectivity index (χ4n) is 9.50. The molecule has 1 aliphatic heterocycles. The second-order valence-electron chi connectivity index (χ2n) is 23.4. The van der Waals surface area contributed by atoms with Gasteiger partial charge in [-0.3, -0.25) is 9.59 Å². The SMILES string of the molecule is CCCCCCCCCCCCCCCCC(OCC(C)OCC(C)OCC(C)OCC(C)OCC(C)O)c1nc2ccccc2c(=O)n1N1C(=O)C=C(OCC(C)OCC(C)OCC(C)OCC(C)OCC(C)O)C(c2ccccc2)C1=S. The normalized spacial score (nSPS) is 18.0. The van der Waals surface area contributed by atoms with E-state index in [-0.39, 0.29) is 80.0 Å². The summed E-state index contributed by atoms with van der Waals surface area (Å²) in [6, 6.07) is 16.7. The molecule has 12 unspecified atom stereocenters. The number of fused-ring (bicyclic) bond motifs is 1. The third kappa shape index (κ3) is 27.9. The number of thiocarbonyl (C=S) groups is 1. The van der Waals surface area contributed by atoms with Crippen molar-refractivity contribution in [2.75, 3.05) is 71.1 Å². The number of hydrogen-bond donors (Lipinski definition) is 2. The summed E-state index contributed by atoms with van der Waals surface area (Å²) in [6.07, 6.45) is 15.3. The first-order valence-electron chi connectivity index (χ1n) is 31.6. The van der Waals surface area contributed by atoms with E-state index in [2.05, 4.69) is 6.92 Å². The molecule has 1 aromatic heterocycles. The summed E-state index contributed by atoms with van der Waals surface area (Å²) in [7, 11) is 0. The van der Waals surface area contributed by atoms with Gasteiger partial charge in [-0.15, -0.1) is 0 Å². The highest BCUT2D eigenvalue weighted by atomic mass is 32.1. The molecular formula is C66H107N3O14S. The van der Waals surface area contributed by atoms with Crippen molar-refractivity contribution in [3.63, 3.8) is 0 Å². The second kappa shape index (κ2) is 41.4. The number of ether oxygens (including phenoxy) is 10. The van der Waals surface area contributed by atoms with Crippen molar-refractivity contribution in [1.29, 1.82) is 0 Å². The Labute approximate surface area is 508 Å². The largest absolute Gasteiger partial charge is 0.494 e. The highest BCUT2D eigenvalue weighted by molar-refractivity contribution is 7.80. The van der Waals surface area contributed by atoms with Crippen molar-refractivity contribution >= 4 is 34.0 Å². The van der Waals surface area contributed by atoms with Crippen LogP contribution in [0.25, 0.3) is 10.9 Å². The van der Waals surface area contributed by atoms with Crippen LogP contribution in [0.3, 0.4) is 0 Å². The summed E-state index contributed by atoms with van der Waals surface area (Å²) >= 11 is 6.34. The van der Waals surface area contributed by atoms with E-state index in [1.807, 2.05) is 91.8 Å². The van der Waals surface area contributed by atoms with Crippen molar-refractivity contribution in [2.24, 2.45) is 0 Å². The number of nitrogens with zero attached hydrogens (tertiary/aromatic N) is 3. The fraction of sp³-hybridized carbons (Fsp3) is 0.727. The van der Waals surface area contributed by atoms with Crippen molar-refractivity contribution < 1.29 is 62.4 Å². The molecule has 0 bridgehead atoms. The quantitative estimate of drug-likeness (QED) is 0.0401. The minimum absolute atomic E-state index is 0.111. The number of unbranched alkanes of at least 4 members (excludes halogenated alkanes) is 13. The van der Waals surface area contributed by atoms with Gasteiger partial charge >= 0.3 is 0 Å². The number of carbonyl (C=O) groups excluding carboxylic acids is 1. The average Bonchev–Trinajstić information content (AvgIpc) is 3.64. The van der Waals surface area contributed by atoms with E-state index in [4.69, 9.17) is 64.6 Å². The Morgan fingerprint density at radius 2 is 0.869 bits per heavy atom. The van der Waals surface area contributed by atoms with E-state index >= 15 is 4.79 Å². The molecule has 4 rings (SSSR count). The number of para-hydroxylation sites is 1. The third-order valence-electron chi connectivity index (χ3n) is 14.4. The maximum atomic E-state index is 15.1. The molecule has 2 aromatic carbocycles. The number of aromatic nitrogens is 2. The van der Waals surface area contributed by atoms with E-state index in [1.165, 1.54) is 80.0 Å². The van der Waals surface area contributed by atoms with Crippen LogP contribution in [0.2, 0.25) is 0 Å². The van der Waals surface area contributed by atoms with Crippen LogP contribution in [0.5, 0.6) is 0 Å². The molecule has 3 aromatic rings. The van der Waals surface area contributed by atoms with Crippen LogP contribution >= 0.6 is 12.2 Å². The zero-order valence-corrected chi connectivity index (χ0v) is 53.7.